The van der Waals surface area contributed by atoms with Crippen LogP contribution in [0.5, 0.6) is 0 Å². The first-order chi connectivity index (χ1) is 16.1. The van der Waals surface area contributed by atoms with Crippen LogP contribution in [0.3, 0.4) is 0 Å². The number of piperidine rings is 1. The zero-order valence-corrected chi connectivity index (χ0v) is 17.9. The first-order valence-corrected chi connectivity index (χ1v) is 11.0. The molecule has 8 nitrogen and oxygen atoms in total. The zero-order valence-electron chi connectivity index (χ0n) is 17.9. The number of nitrogens with zero attached hydrogens (tertiary/aromatic N) is 4. The molecule has 3 aromatic heterocycles. The van der Waals surface area contributed by atoms with Gasteiger partial charge in [-0.3, -0.25) is 0 Å². The molecule has 4 N–H and O–H groups in total. The fraction of sp³-hybridized carbons (Fsp3) is 0.292. The minimum absolute atomic E-state index is 0.173. The van der Waals surface area contributed by atoms with Crippen molar-refractivity contribution in [3.05, 3.63) is 72.1 Å². The summed E-state index contributed by atoms with van der Waals surface area (Å²) >= 11 is 0. The normalized spacial score (nSPS) is 15.6. The number of nitrogens with one attached hydrogen (secondary N) is 2. The van der Waals surface area contributed by atoms with Gasteiger partial charge in [-0.1, -0.05) is 0 Å². The molecule has 1 atom stereocenters. The number of anilines is 2. The van der Waals surface area contributed by atoms with Gasteiger partial charge in [0.15, 0.2) is 0 Å². The summed E-state index contributed by atoms with van der Waals surface area (Å²) in [4.78, 5) is 9.03. The van der Waals surface area contributed by atoms with E-state index in [2.05, 4.69) is 25.7 Å². The minimum Gasteiger partial charge on any atom is -0.390 e. The fourth-order valence-electron chi connectivity index (χ4n) is 4.14. The standard InChI is InChI=1S/C24H25FN6O2/c25-19-11-18(31-10-7-17(14-32)30-31)2-4-20(19)29-23-12-22-16(13-27-23)1-3-21(28-22)24(33)15-5-8-26-9-6-15/h1-4,7,10-13,15,24,26,32-33H,5-6,8-9,14H2,(H,27,29). The lowest BCUT2D eigenvalue weighted by molar-refractivity contribution is 0.0855. The third kappa shape index (κ3) is 4.56. The zero-order chi connectivity index (χ0) is 22.8. The van der Waals surface area contributed by atoms with Gasteiger partial charge in [0, 0.05) is 29.9 Å². The van der Waals surface area contributed by atoms with E-state index in [0.29, 0.717) is 28.4 Å². The number of halogens is 1. The van der Waals surface area contributed by atoms with Crippen molar-refractivity contribution in [2.75, 3.05) is 18.4 Å². The Bertz CT molecular complexity index is 1270. The van der Waals surface area contributed by atoms with Gasteiger partial charge in [0.25, 0.3) is 0 Å². The maximum Gasteiger partial charge on any atom is 0.148 e. The molecule has 0 aliphatic carbocycles. The van der Waals surface area contributed by atoms with Crippen molar-refractivity contribution in [2.24, 2.45) is 5.92 Å². The number of pyridine rings is 2. The van der Waals surface area contributed by atoms with Gasteiger partial charge in [-0.15, -0.1) is 0 Å². The molecule has 170 valence electrons. The van der Waals surface area contributed by atoms with Crippen molar-refractivity contribution in [2.45, 2.75) is 25.6 Å². The number of rotatable bonds is 6. The molecular weight excluding hydrogens is 423 g/mol. The van der Waals surface area contributed by atoms with Crippen LogP contribution in [0.1, 0.15) is 30.3 Å². The molecule has 0 radical (unpaired) electrons. The second kappa shape index (κ2) is 9.22. The SMILES string of the molecule is OCc1ccn(-c2ccc(Nc3cc4nc(C(O)C5CCNCC5)ccc4cn3)c(F)c2)n1. The van der Waals surface area contributed by atoms with Gasteiger partial charge in [-0.2, -0.15) is 5.10 Å². The molecule has 1 aliphatic rings. The van der Waals surface area contributed by atoms with Gasteiger partial charge in [-0.05, 0) is 62.2 Å². The van der Waals surface area contributed by atoms with Crippen LogP contribution in [0.25, 0.3) is 16.6 Å². The molecule has 9 heteroatoms. The summed E-state index contributed by atoms with van der Waals surface area (Å²) in [5.41, 5.74) is 2.65. The maximum absolute atomic E-state index is 14.8. The molecule has 4 heterocycles. The third-order valence-corrected chi connectivity index (χ3v) is 6.01. The lowest BCUT2D eigenvalue weighted by atomic mass is 9.90. The van der Waals surface area contributed by atoms with Crippen molar-refractivity contribution in [1.82, 2.24) is 25.1 Å². The van der Waals surface area contributed by atoms with Crippen LogP contribution < -0.4 is 10.6 Å². The van der Waals surface area contributed by atoms with E-state index in [9.17, 15) is 9.50 Å². The van der Waals surface area contributed by atoms with Crippen LogP contribution in [0.15, 0.2) is 54.9 Å². The molecule has 0 saturated carbocycles. The van der Waals surface area contributed by atoms with Crippen LogP contribution in [0.4, 0.5) is 15.9 Å². The van der Waals surface area contributed by atoms with E-state index in [1.165, 1.54) is 10.7 Å². The molecule has 33 heavy (non-hydrogen) atoms. The summed E-state index contributed by atoms with van der Waals surface area (Å²) in [6.45, 7) is 1.63. The van der Waals surface area contributed by atoms with Crippen LogP contribution in [0, 0.1) is 11.7 Å². The average molecular weight is 449 g/mol. The number of benzene rings is 1. The Kier molecular flexibility index (Phi) is 5.99. The Labute approximate surface area is 190 Å². The molecule has 1 fully saturated rings. The van der Waals surface area contributed by atoms with Crippen molar-refractivity contribution >= 4 is 22.4 Å². The first-order valence-electron chi connectivity index (χ1n) is 11.0. The Morgan fingerprint density at radius 3 is 2.76 bits per heavy atom. The lowest BCUT2D eigenvalue weighted by Crippen LogP contribution is -2.31. The van der Waals surface area contributed by atoms with E-state index in [0.717, 1.165) is 31.3 Å². The van der Waals surface area contributed by atoms with Gasteiger partial charge in [0.2, 0.25) is 0 Å². The van der Waals surface area contributed by atoms with Crippen molar-refractivity contribution < 1.29 is 14.6 Å². The van der Waals surface area contributed by atoms with Gasteiger partial charge in [0.05, 0.1) is 41.0 Å². The molecule has 4 aromatic rings. The Morgan fingerprint density at radius 1 is 1.15 bits per heavy atom. The minimum atomic E-state index is -0.611. The predicted octanol–water partition coefficient (Wildman–Crippen LogP) is 3.22. The monoisotopic (exact) mass is 448 g/mol. The van der Waals surface area contributed by atoms with Gasteiger partial charge in [0.1, 0.15) is 11.6 Å². The smallest absolute Gasteiger partial charge is 0.148 e. The van der Waals surface area contributed by atoms with Crippen LogP contribution in [-0.4, -0.2) is 43.1 Å². The van der Waals surface area contributed by atoms with Crippen molar-refractivity contribution in [3.63, 3.8) is 0 Å². The number of hydrogen-bond donors (Lipinski definition) is 4. The average Bonchev–Trinajstić information content (AvgIpc) is 3.34. The number of aliphatic hydroxyl groups excluding tert-OH is 2. The quantitative estimate of drug-likeness (QED) is 0.359. The topological polar surface area (TPSA) is 108 Å². The number of fused-ring (bicyclic) bond motifs is 1. The molecule has 0 spiro atoms. The first kappa shape index (κ1) is 21.4. The van der Waals surface area contributed by atoms with E-state index in [1.54, 1.807) is 36.7 Å². The van der Waals surface area contributed by atoms with Crippen LogP contribution in [-0.2, 0) is 6.61 Å². The summed E-state index contributed by atoms with van der Waals surface area (Å²) in [7, 11) is 0. The largest absolute Gasteiger partial charge is 0.390 e. The summed E-state index contributed by atoms with van der Waals surface area (Å²) in [6.07, 6.45) is 4.57. The highest BCUT2D eigenvalue weighted by Crippen LogP contribution is 2.29. The van der Waals surface area contributed by atoms with Crippen LogP contribution >= 0.6 is 0 Å². The predicted molar refractivity (Wildman–Crippen MR) is 123 cm³/mol. The molecule has 1 aliphatic heterocycles. The second-order valence-electron chi connectivity index (χ2n) is 8.23. The summed E-state index contributed by atoms with van der Waals surface area (Å²) in [5.74, 6) is 0.182. The van der Waals surface area contributed by atoms with Gasteiger partial charge >= 0.3 is 0 Å². The van der Waals surface area contributed by atoms with E-state index in [1.807, 2.05) is 12.1 Å². The Morgan fingerprint density at radius 2 is 2.00 bits per heavy atom. The van der Waals surface area contributed by atoms with E-state index in [-0.39, 0.29) is 18.2 Å². The number of aromatic nitrogens is 4. The molecule has 0 amide bonds. The third-order valence-electron chi connectivity index (χ3n) is 6.01. The lowest BCUT2D eigenvalue weighted by Gasteiger charge is -2.27. The highest BCUT2D eigenvalue weighted by atomic mass is 19.1. The highest BCUT2D eigenvalue weighted by molar-refractivity contribution is 5.81. The van der Waals surface area contributed by atoms with Crippen LogP contribution in [0.2, 0.25) is 0 Å². The molecule has 1 saturated heterocycles. The highest BCUT2D eigenvalue weighted by Gasteiger charge is 2.24. The molecule has 1 unspecified atom stereocenters. The number of aliphatic hydroxyl groups is 2. The van der Waals surface area contributed by atoms with Gasteiger partial charge in [-0.25, -0.2) is 19.0 Å². The molecular formula is C24H25FN6O2. The van der Waals surface area contributed by atoms with Gasteiger partial charge < -0.3 is 20.8 Å². The van der Waals surface area contributed by atoms with Crippen molar-refractivity contribution in [3.8, 4) is 5.69 Å². The summed E-state index contributed by atoms with van der Waals surface area (Å²) < 4.78 is 16.3. The molecule has 5 rings (SSSR count). The Balaban J connectivity index is 1.37. The summed E-state index contributed by atoms with van der Waals surface area (Å²) in [6, 6.07) is 11.9. The molecule has 0 bridgehead atoms. The van der Waals surface area contributed by atoms with Crippen molar-refractivity contribution in [1.29, 1.82) is 0 Å². The Hall–Kier alpha value is -3.40. The van der Waals surface area contributed by atoms with E-state index < -0.39 is 11.9 Å². The molecule has 1 aromatic carbocycles. The fourth-order valence-corrected chi connectivity index (χ4v) is 4.14. The van der Waals surface area contributed by atoms with E-state index >= 15 is 0 Å². The van der Waals surface area contributed by atoms with E-state index in [4.69, 9.17) is 5.11 Å². The summed E-state index contributed by atoms with van der Waals surface area (Å²) in [5, 5.41) is 31.3. The number of hydrogen-bond acceptors (Lipinski definition) is 7. The maximum atomic E-state index is 14.8. The second-order valence-corrected chi connectivity index (χ2v) is 8.23.